The lowest BCUT2D eigenvalue weighted by Crippen LogP contribution is -2.50. The van der Waals surface area contributed by atoms with Crippen LogP contribution in [0.5, 0.6) is 0 Å². The summed E-state index contributed by atoms with van der Waals surface area (Å²) in [7, 11) is 0. The van der Waals surface area contributed by atoms with E-state index < -0.39 is 6.97 Å². The van der Waals surface area contributed by atoms with Crippen molar-refractivity contribution in [2.24, 2.45) is 0 Å². The summed E-state index contributed by atoms with van der Waals surface area (Å²) >= 11 is 2.98. The summed E-state index contributed by atoms with van der Waals surface area (Å²) in [6.07, 6.45) is 3.73. The summed E-state index contributed by atoms with van der Waals surface area (Å²) in [5, 5.41) is 3.85. The smallest absolute Gasteiger partial charge is 0.389 e. The fourth-order valence-corrected chi connectivity index (χ4v) is 5.63. The van der Waals surface area contributed by atoms with Crippen LogP contribution in [0.2, 0.25) is 0 Å². The van der Waals surface area contributed by atoms with Crippen molar-refractivity contribution < 1.29 is 13.1 Å². The van der Waals surface area contributed by atoms with E-state index in [0.717, 1.165) is 20.9 Å². The number of hydrogen-bond acceptors (Lipinski definition) is 2. The average Bonchev–Trinajstić information content (AvgIpc) is 3.32. The highest BCUT2D eigenvalue weighted by atomic mass is 32.1. The van der Waals surface area contributed by atoms with Gasteiger partial charge in [-0.15, -0.1) is 22.7 Å². The van der Waals surface area contributed by atoms with Crippen molar-refractivity contribution in [2.75, 3.05) is 0 Å². The van der Waals surface area contributed by atoms with Gasteiger partial charge in [0.1, 0.15) is 0 Å². The second-order valence-corrected chi connectivity index (χ2v) is 8.52. The van der Waals surface area contributed by atoms with E-state index in [1.54, 1.807) is 0 Å². The van der Waals surface area contributed by atoms with Gasteiger partial charge in [-0.2, -0.15) is 0 Å². The number of thiophene rings is 2. The molecule has 0 spiro atoms. The number of hydrogen-bond donors (Lipinski definition) is 0. The fourth-order valence-electron chi connectivity index (χ4n) is 3.97. The Balaban J connectivity index is 1.83. The Morgan fingerprint density at radius 2 is 1.69 bits per heavy atom. The summed E-state index contributed by atoms with van der Waals surface area (Å²) in [5.74, 6) is 0. The molecule has 3 aromatic heterocycles. The van der Waals surface area contributed by atoms with Crippen molar-refractivity contribution in [3.8, 4) is 10.6 Å². The first-order chi connectivity index (χ1) is 12.5. The first-order valence-electron chi connectivity index (χ1n) is 8.37. The Labute approximate surface area is 158 Å². The minimum Gasteiger partial charge on any atom is -0.389 e. The quantitative estimate of drug-likeness (QED) is 0.507. The highest BCUT2D eigenvalue weighted by Gasteiger charge is 2.54. The zero-order chi connectivity index (χ0) is 18.1. The van der Waals surface area contributed by atoms with Crippen LogP contribution in [-0.2, 0) is 0 Å². The molecule has 7 heteroatoms. The second-order valence-electron chi connectivity index (χ2n) is 6.63. The molecule has 5 heterocycles. The lowest BCUT2D eigenvalue weighted by atomic mass is 9.90. The van der Waals surface area contributed by atoms with Crippen molar-refractivity contribution in [1.29, 1.82) is 0 Å². The molecule has 0 saturated carbocycles. The van der Waals surface area contributed by atoms with Crippen molar-refractivity contribution in [2.45, 2.75) is 13.8 Å². The lowest BCUT2D eigenvalue weighted by Gasteiger charge is -2.30. The van der Waals surface area contributed by atoms with Gasteiger partial charge in [-0.3, -0.25) is 0 Å². The molecular formula is C19H15BF2N2S2. The van der Waals surface area contributed by atoms with Gasteiger partial charge in [0.25, 0.3) is 0 Å². The van der Waals surface area contributed by atoms with Crippen LogP contribution in [0, 0.1) is 6.92 Å². The number of aryl methyl sites for hydroxylation is 1. The van der Waals surface area contributed by atoms with E-state index in [2.05, 4.69) is 0 Å². The van der Waals surface area contributed by atoms with E-state index in [9.17, 15) is 0 Å². The van der Waals surface area contributed by atoms with Crippen molar-refractivity contribution >= 4 is 41.4 Å². The minimum absolute atomic E-state index is 0.568. The average molecular weight is 384 g/mol. The van der Waals surface area contributed by atoms with Crippen LogP contribution in [0.4, 0.5) is 8.63 Å². The van der Waals surface area contributed by atoms with E-state index in [4.69, 9.17) is 0 Å². The summed E-state index contributed by atoms with van der Waals surface area (Å²) in [4.78, 5) is 1.74. The van der Waals surface area contributed by atoms with Gasteiger partial charge in [0, 0.05) is 34.0 Å². The molecule has 0 atom stereocenters. The summed E-state index contributed by atoms with van der Waals surface area (Å²) in [5.41, 5.74) is 4.12. The lowest BCUT2D eigenvalue weighted by molar-refractivity contribution is -0.360. The standard InChI is InChI=1S/C19H15BF2N2S2/c1-12-9-14-11-15-10-13(2)19(17-6-4-8-26-17)24(15)20(21,22)23(14)18(12)16-5-3-7-25-16/h3-11H,1-2H3. The molecule has 0 bridgehead atoms. The molecule has 0 radical (unpaired) electrons. The Kier molecular flexibility index (Phi) is 3.30. The van der Waals surface area contributed by atoms with Crippen LogP contribution in [0.25, 0.3) is 16.6 Å². The summed E-state index contributed by atoms with van der Waals surface area (Å²) in [6, 6.07) is 9.48. The predicted molar refractivity (Wildman–Crippen MR) is 106 cm³/mol. The molecular weight excluding hydrogens is 369 g/mol. The largest absolute Gasteiger partial charge is 0.737 e. The summed E-state index contributed by atoms with van der Waals surface area (Å²) < 4.78 is 34.3. The molecule has 0 amide bonds. The number of rotatable bonds is 2. The number of fused-ring (bicyclic) bond motifs is 2. The zero-order valence-corrected chi connectivity index (χ0v) is 15.9. The predicted octanol–water partition coefficient (Wildman–Crippen LogP) is 5.63. The third kappa shape index (κ3) is 2.04. The van der Waals surface area contributed by atoms with Gasteiger partial charge in [0.15, 0.2) is 11.4 Å². The number of halogens is 2. The molecule has 0 fully saturated rings. The molecule has 2 nitrogen and oxygen atoms in total. The van der Waals surface area contributed by atoms with Gasteiger partial charge in [-0.05, 0) is 48.4 Å². The van der Waals surface area contributed by atoms with E-state index in [1.807, 2.05) is 67.1 Å². The normalized spacial score (nSPS) is 17.8. The molecule has 0 N–H and O–H groups in total. The van der Waals surface area contributed by atoms with E-state index in [0.29, 0.717) is 22.8 Å². The first kappa shape index (κ1) is 16.0. The van der Waals surface area contributed by atoms with Gasteiger partial charge < -0.3 is 17.6 Å². The monoisotopic (exact) mass is 384 g/mol. The third-order valence-electron chi connectivity index (χ3n) is 4.94. The van der Waals surface area contributed by atoms with Crippen LogP contribution < -0.4 is 0 Å². The molecule has 26 heavy (non-hydrogen) atoms. The highest BCUT2D eigenvalue weighted by molar-refractivity contribution is 7.13. The molecule has 0 aliphatic carbocycles. The maximum absolute atomic E-state index is 15.9. The van der Waals surface area contributed by atoms with Gasteiger partial charge in [0.05, 0.1) is 4.88 Å². The molecule has 130 valence electrons. The number of allylic oxidation sites excluding steroid dienone is 2. The van der Waals surface area contributed by atoms with Crippen molar-refractivity contribution in [3.63, 3.8) is 0 Å². The Bertz CT molecular complexity index is 1120. The molecule has 0 unspecified atom stereocenters. The van der Waals surface area contributed by atoms with Gasteiger partial charge in [-0.1, -0.05) is 12.1 Å². The molecule has 3 aromatic rings. The molecule has 2 aliphatic heterocycles. The summed E-state index contributed by atoms with van der Waals surface area (Å²) in [6.45, 7) is -0.180. The van der Waals surface area contributed by atoms with Crippen molar-refractivity contribution in [1.82, 2.24) is 4.48 Å². The topological polar surface area (TPSA) is 7.94 Å². The third-order valence-corrected chi connectivity index (χ3v) is 6.69. The van der Waals surface area contributed by atoms with Crippen LogP contribution in [0.3, 0.4) is 0 Å². The van der Waals surface area contributed by atoms with E-state index in [-0.39, 0.29) is 0 Å². The van der Waals surface area contributed by atoms with Gasteiger partial charge >= 0.3 is 6.97 Å². The van der Waals surface area contributed by atoms with E-state index in [1.165, 1.54) is 31.6 Å². The Hall–Kier alpha value is -2.25. The first-order valence-corrected chi connectivity index (χ1v) is 10.1. The molecule has 0 saturated heterocycles. The van der Waals surface area contributed by atoms with Crippen LogP contribution in [0.15, 0.2) is 58.4 Å². The number of nitrogens with zero attached hydrogens (tertiary/aromatic N) is 2. The van der Waals surface area contributed by atoms with Crippen molar-refractivity contribution in [3.05, 3.63) is 74.6 Å². The maximum atomic E-state index is 15.9. The zero-order valence-electron chi connectivity index (χ0n) is 14.2. The highest BCUT2D eigenvalue weighted by Crippen LogP contribution is 2.41. The SMILES string of the molecule is CC1=CC2=Cc3cc(C)c(-c4cccs4)n3[B-](F)(F)[N+]2=C1c1cccs1. The molecule has 0 aromatic carbocycles. The van der Waals surface area contributed by atoms with Crippen LogP contribution in [0.1, 0.15) is 23.1 Å². The Morgan fingerprint density at radius 1 is 1.00 bits per heavy atom. The molecule has 5 rings (SSSR count). The number of aromatic nitrogens is 1. The molecule has 2 aliphatic rings. The van der Waals surface area contributed by atoms with Crippen LogP contribution >= 0.6 is 22.7 Å². The van der Waals surface area contributed by atoms with Gasteiger partial charge in [-0.25, -0.2) is 0 Å². The second kappa shape index (κ2) is 5.38. The minimum atomic E-state index is -3.99. The maximum Gasteiger partial charge on any atom is 0.737 e. The van der Waals surface area contributed by atoms with E-state index >= 15 is 8.63 Å². The van der Waals surface area contributed by atoms with Gasteiger partial charge in [0.2, 0.25) is 0 Å². The fraction of sp³-hybridized carbons (Fsp3) is 0.105. The van der Waals surface area contributed by atoms with Crippen LogP contribution in [-0.4, -0.2) is 21.6 Å². The Morgan fingerprint density at radius 3 is 2.35 bits per heavy atom.